The van der Waals surface area contributed by atoms with Gasteiger partial charge in [-0.05, 0) is 17.7 Å². The number of carbonyl (C=O) groups excluding carboxylic acids is 1. The molecule has 0 saturated carbocycles. The second-order valence-electron chi connectivity index (χ2n) is 4.59. The molecule has 21 heavy (non-hydrogen) atoms. The van der Waals surface area contributed by atoms with Gasteiger partial charge in [-0.3, -0.25) is 0 Å². The predicted molar refractivity (Wildman–Crippen MR) is 74.2 cm³/mol. The Morgan fingerprint density at radius 3 is 2.90 bits per heavy atom. The van der Waals surface area contributed by atoms with E-state index in [1.807, 2.05) is 11.6 Å². The van der Waals surface area contributed by atoms with Crippen LogP contribution in [-0.2, 0) is 24.8 Å². The molecule has 0 aliphatic carbocycles. The van der Waals surface area contributed by atoms with Crippen molar-refractivity contribution in [2.45, 2.75) is 13.0 Å². The number of hydrogen-bond acceptors (Lipinski definition) is 5. The fourth-order valence-corrected chi connectivity index (χ4v) is 1.91. The van der Waals surface area contributed by atoms with E-state index in [4.69, 9.17) is 0 Å². The number of nitrogens with one attached hydrogen (secondary N) is 1. The highest BCUT2D eigenvalue weighted by Crippen LogP contribution is 2.11. The van der Waals surface area contributed by atoms with Crippen molar-refractivity contribution in [2.75, 3.05) is 13.7 Å². The third kappa shape index (κ3) is 3.85. The number of ether oxygens (including phenoxy) is 1. The molecule has 1 aromatic carbocycles. The minimum atomic E-state index is -0.672. The van der Waals surface area contributed by atoms with Gasteiger partial charge in [-0.25, -0.2) is 9.18 Å². The molecule has 1 aromatic heterocycles. The summed E-state index contributed by atoms with van der Waals surface area (Å²) in [6.07, 6.45) is 2.38. The monoisotopic (exact) mass is 292 g/mol. The van der Waals surface area contributed by atoms with Crippen LogP contribution in [0.2, 0.25) is 0 Å². The minimum Gasteiger partial charge on any atom is -0.465 e. The van der Waals surface area contributed by atoms with Crippen molar-refractivity contribution in [1.29, 1.82) is 0 Å². The standard InChI is InChI=1S/C14H17FN4O2/c1-19-9-17-18-13(19)5-6-16-8-10-3-4-11(12(15)7-10)14(20)21-2/h3-4,7,9,16H,5-6,8H2,1-2H3. The first-order valence-electron chi connectivity index (χ1n) is 6.52. The lowest BCUT2D eigenvalue weighted by molar-refractivity contribution is 0.0595. The Balaban J connectivity index is 1.85. The first-order chi connectivity index (χ1) is 10.1. The molecule has 6 nitrogen and oxygen atoms in total. The van der Waals surface area contributed by atoms with E-state index in [0.29, 0.717) is 13.1 Å². The molecule has 0 amide bonds. The highest BCUT2D eigenvalue weighted by Gasteiger charge is 2.12. The van der Waals surface area contributed by atoms with Crippen LogP contribution in [0.25, 0.3) is 0 Å². The molecule has 7 heteroatoms. The maximum atomic E-state index is 13.7. The summed E-state index contributed by atoms with van der Waals surface area (Å²) >= 11 is 0. The molecule has 0 aliphatic heterocycles. The second kappa shape index (κ2) is 6.94. The molecular formula is C14H17FN4O2. The zero-order valence-electron chi connectivity index (χ0n) is 12.0. The molecule has 1 N–H and O–H groups in total. The van der Waals surface area contributed by atoms with E-state index in [0.717, 1.165) is 17.8 Å². The van der Waals surface area contributed by atoms with Gasteiger partial charge in [0.05, 0.1) is 12.7 Å². The van der Waals surface area contributed by atoms with Crippen LogP contribution in [-0.4, -0.2) is 34.4 Å². The fourth-order valence-electron chi connectivity index (χ4n) is 1.91. The molecule has 0 fully saturated rings. The molecule has 1 heterocycles. The van der Waals surface area contributed by atoms with E-state index in [1.54, 1.807) is 12.4 Å². The molecule has 0 aliphatic rings. The largest absolute Gasteiger partial charge is 0.465 e. The van der Waals surface area contributed by atoms with E-state index in [9.17, 15) is 9.18 Å². The van der Waals surface area contributed by atoms with Crippen molar-refractivity contribution in [3.63, 3.8) is 0 Å². The molecule has 112 valence electrons. The zero-order chi connectivity index (χ0) is 15.2. The summed E-state index contributed by atoms with van der Waals surface area (Å²) in [5, 5.41) is 11.0. The SMILES string of the molecule is COC(=O)c1ccc(CNCCc2nncn2C)cc1F. The number of carbonyl (C=O) groups is 1. The first-order valence-corrected chi connectivity index (χ1v) is 6.52. The van der Waals surface area contributed by atoms with Crippen LogP contribution in [0.15, 0.2) is 24.5 Å². The lowest BCUT2D eigenvalue weighted by Crippen LogP contribution is -2.18. The van der Waals surface area contributed by atoms with E-state index >= 15 is 0 Å². The van der Waals surface area contributed by atoms with Crippen molar-refractivity contribution in [2.24, 2.45) is 7.05 Å². The summed E-state index contributed by atoms with van der Waals surface area (Å²) in [5.74, 6) is -0.363. The molecule has 0 saturated heterocycles. The third-order valence-electron chi connectivity index (χ3n) is 3.10. The Morgan fingerprint density at radius 2 is 2.29 bits per heavy atom. The predicted octanol–water partition coefficient (Wildman–Crippen LogP) is 1.07. The maximum Gasteiger partial charge on any atom is 0.340 e. The molecule has 0 spiro atoms. The van der Waals surface area contributed by atoms with Crippen molar-refractivity contribution >= 4 is 5.97 Å². The quantitative estimate of drug-likeness (QED) is 0.637. The number of esters is 1. The Bertz CT molecular complexity index is 627. The fraction of sp³-hybridized carbons (Fsp3) is 0.357. The van der Waals surface area contributed by atoms with Crippen LogP contribution in [0.4, 0.5) is 4.39 Å². The van der Waals surface area contributed by atoms with Crippen molar-refractivity contribution in [3.05, 3.63) is 47.3 Å². The smallest absolute Gasteiger partial charge is 0.340 e. The number of aryl methyl sites for hydroxylation is 1. The molecule has 2 rings (SSSR count). The van der Waals surface area contributed by atoms with Gasteiger partial charge in [0.1, 0.15) is 18.0 Å². The molecule has 0 radical (unpaired) electrons. The normalized spacial score (nSPS) is 10.6. The number of aromatic nitrogens is 3. The first kappa shape index (κ1) is 15.1. The van der Waals surface area contributed by atoms with Gasteiger partial charge in [-0.1, -0.05) is 6.07 Å². The highest BCUT2D eigenvalue weighted by molar-refractivity contribution is 5.89. The van der Waals surface area contributed by atoms with Gasteiger partial charge in [0.2, 0.25) is 0 Å². The summed E-state index contributed by atoms with van der Waals surface area (Å²) in [4.78, 5) is 11.3. The molecule has 0 atom stereocenters. The van der Waals surface area contributed by atoms with Crippen molar-refractivity contribution in [1.82, 2.24) is 20.1 Å². The number of hydrogen-bond donors (Lipinski definition) is 1. The summed E-state index contributed by atoms with van der Waals surface area (Å²) in [7, 11) is 3.11. The minimum absolute atomic E-state index is 0.0552. The van der Waals surface area contributed by atoms with Crippen molar-refractivity contribution in [3.8, 4) is 0 Å². The summed E-state index contributed by atoms with van der Waals surface area (Å²) in [5.41, 5.74) is 0.707. The van der Waals surface area contributed by atoms with Crippen LogP contribution in [0.3, 0.4) is 0 Å². The Morgan fingerprint density at radius 1 is 1.48 bits per heavy atom. The maximum absolute atomic E-state index is 13.7. The Hall–Kier alpha value is -2.28. The topological polar surface area (TPSA) is 69.0 Å². The van der Waals surface area contributed by atoms with Gasteiger partial charge in [-0.15, -0.1) is 10.2 Å². The van der Waals surface area contributed by atoms with Crippen LogP contribution in [0, 0.1) is 5.82 Å². The van der Waals surface area contributed by atoms with E-state index < -0.39 is 11.8 Å². The van der Waals surface area contributed by atoms with Gasteiger partial charge in [0, 0.05) is 26.6 Å². The summed E-state index contributed by atoms with van der Waals surface area (Å²) in [6.45, 7) is 1.21. The summed E-state index contributed by atoms with van der Waals surface area (Å²) < 4.78 is 20.1. The van der Waals surface area contributed by atoms with Gasteiger partial charge >= 0.3 is 5.97 Å². The number of methoxy groups -OCH3 is 1. The van der Waals surface area contributed by atoms with E-state index in [-0.39, 0.29) is 5.56 Å². The molecule has 0 bridgehead atoms. The summed E-state index contributed by atoms with van der Waals surface area (Å²) in [6, 6.07) is 4.47. The molecular weight excluding hydrogens is 275 g/mol. The van der Waals surface area contributed by atoms with Gasteiger partial charge < -0.3 is 14.6 Å². The average Bonchev–Trinajstić information content (AvgIpc) is 2.88. The Labute approximate surface area is 121 Å². The van der Waals surface area contributed by atoms with Crippen LogP contribution >= 0.6 is 0 Å². The molecule has 2 aromatic rings. The van der Waals surface area contributed by atoms with Crippen LogP contribution < -0.4 is 5.32 Å². The lowest BCUT2D eigenvalue weighted by Gasteiger charge is -2.07. The Kier molecular flexibility index (Phi) is 4.99. The van der Waals surface area contributed by atoms with Crippen LogP contribution in [0.5, 0.6) is 0 Å². The number of nitrogens with zero attached hydrogens (tertiary/aromatic N) is 3. The zero-order valence-corrected chi connectivity index (χ0v) is 12.0. The number of benzene rings is 1. The molecule has 0 unspecified atom stereocenters. The van der Waals surface area contributed by atoms with Gasteiger partial charge in [0.15, 0.2) is 0 Å². The average molecular weight is 292 g/mol. The van der Waals surface area contributed by atoms with E-state index in [2.05, 4.69) is 20.3 Å². The van der Waals surface area contributed by atoms with Crippen molar-refractivity contribution < 1.29 is 13.9 Å². The lowest BCUT2D eigenvalue weighted by atomic mass is 10.1. The van der Waals surface area contributed by atoms with Gasteiger partial charge in [-0.2, -0.15) is 0 Å². The second-order valence-corrected chi connectivity index (χ2v) is 4.59. The number of rotatable bonds is 6. The van der Waals surface area contributed by atoms with Crippen LogP contribution in [0.1, 0.15) is 21.7 Å². The third-order valence-corrected chi connectivity index (χ3v) is 3.10. The van der Waals surface area contributed by atoms with Gasteiger partial charge in [0.25, 0.3) is 0 Å². The number of halogens is 1. The highest BCUT2D eigenvalue weighted by atomic mass is 19.1. The van der Waals surface area contributed by atoms with E-state index in [1.165, 1.54) is 19.2 Å².